The van der Waals surface area contributed by atoms with Crippen LogP contribution in [0.1, 0.15) is 17.5 Å². The Labute approximate surface area is 142 Å². The molecule has 0 radical (unpaired) electrons. The minimum absolute atomic E-state index is 0.299. The third-order valence-corrected chi connectivity index (χ3v) is 3.55. The summed E-state index contributed by atoms with van der Waals surface area (Å²) in [5.41, 5.74) is 2.49. The highest BCUT2D eigenvalue weighted by Crippen LogP contribution is 2.20. The highest BCUT2D eigenvalue weighted by atomic mass is 79.9. The maximum Gasteiger partial charge on any atom is 0.233 e. The molecular formula is C17H14BrN3O2. The summed E-state index contributed by atoms with van der Waals surface area (Å²) in [5.74, 6) is -0.836. The van der Waals surface area contributed by atoms with Crippen LogP contribution in [-0.4, -0.2) is 11.8 Å². The van der Waals surface area contributed by atoms with Crippen molar-refractivity contribution in [3.05, 3.63) is 58.1 Å². The minimum Gasteiger partial charge on any atom is -0.326 e. The molecule has 0 aliphatic heterocycles. The molecule has 0 fully saturated rings. The van der Waals surface area contributed by atoms with Gasteiger partial charge in [0.15, 0.2) is 0 Å². The van der Waals surface area contributed by atoms with E-state index in [1.54, 1.807) is 30.3 Å². The number of carbonyl (C=O) groups excluding carboxylic acids is 2. The lowest BCUT2D eigenvalue weighted by molar-refractivity contribution is -0.123. The summed E-state index contributed by atoms with van der Waals surface area (Å²) in [6.45, 7) is 1.87. The van der Waals surface area contributed by atoms with Crippen LogP contribution in [0.3, 0.4) is 0 Å². The maximum absolute atomic E-state index is 11.9. The largest absolute Gasteiger partial charge is 0.326 e. The molecule has 2 N–H and O–H groups in total. The van der Waals surface area contributed by atoms with Crippen molar-refractivity contribution < 1.29 is 9.59 Å². The van der Waals surface area contributed by atoms with E-state index < -0.39 is 11.8 Å². The fraction of sp³-hybridized carbons (Fsp3) is 0.118. The number of amides is 2. The zero-order chi connectivity index (χ0) is 16.8. The van der Waals surface area contributed by atoms with Gasteiger partial charge in [-0.1, -0.05) is 22.0 Å². The number of hydrogen-bond donors (Lipinski definition) is 2. The van der Waals surface area contributed by atoms with Crippen LogP contribution in [0.2, 0.25) is 0 Å². The predicted octanol–water partition coefficient (Wildman–Crippen LogP) is 3.60. The summed E-state index contributed by atoms with van der Waals surface area (Å²) in [4.78, 5) is 23.8. The summed E-state index contributed by atoms with van der Waals surface area (Å²) >= 11 is 3.35. The van der Waals surface area contributed by atoms with E-state index >= 15 is 0 Å². The van der Waals surface area contributed by atoms with Crippen molar-refractivity contribution in [1.29, 1.82) is 5.26 Å². The molecule has 2 aromatic carbocycles. The van der Waals surface area contributed by atoms with E-state index in [4.69, 9.17) is 5.26 Å². The molecule has 0 aliphatic carbocycles. The summed E-state index contributed by atoms with van der Waals surface area (Å²) < 4.78 is 0.920. The van der Waals surface area contributed by atoms with E-state index in [-0.39, 0.29) is 6.42 Å². The van der Waals surface area contributed by atoms with E-state index in [9.17, 15) is 9.59 Å². The van der Waals surface area contributed by atoms with Crippen LogP contribution in [0, 0.1) is 18.3 Å². The number of halogens is 1. The average molecular weight is 372 g/mol. The number of hydrogen-bond acceptors (Lipinski definition) is 3. The Hall–Kier alpha value is -2.65. The highest BCUT2D eigenvalue weighted by molar-refractivity contribution is 9.10. The summed E-state index contributed by atoms with van der Waals surface area (Å²) in [5, 5.41) is 14.1. The lowest BCUT2D eigenvalue weighted by Gasteiger charge is -2.09. The molecule has 0 unspecified atom stereocenters. The van der Waals surface area contributed by atoms with Gasteiger partial charge in [-0.25, -0.2) is 0 Å². The Balaban J connectivity index is 1.94. The number of nitrogens with one attached hydrogen (secondary N) is 2. The van der Waals surface area contributed by atoms with Crippen molar-refractivity contribution in [2.45, 2.75) is 13.3 Å². The fourth-order valence-corrected chi connectivity index (χ4v) is 2.45. The van der Waals surface area contributed by atoms with Gasteiger partial charge in [-0.3, -0.25) is 9.59 Å². The van der Waals surface area contributed by atoms with Crippen LogP contribution in [-0.2, 0) is 9.59 Å². The summed E-state index contributed by atoms with van der Waals surface area (Å²) in [7, 11) is 0. The first kappa shape index (κ1) is 16.7. The van der Waals surface area contributed by atoms with E-state index in [2.05, 4.69) is 26.6 Å². The van der Waals surface area contributed by atoms with Crippen molar-refractivity contribution in [3.8, 4) is 6.07 Å². The molecule has 6 heteroatoms. The first-order chi connectivity index (χ1) is 11.0. The van der Waals surface area contributed by atoms with Crippen molar-refractivity contribution in [2.75, 3.05) is 10.6 Å². The first-order valence-corrected chi connectivity index (χ1v) is 7.63. The van der Waals surface area contributed by atoms with Gasteiger partial charge in [-0.15, -0.1) is 0 Å². The summed E-state index contributed by atoms with van der Waals surface area (Å²) in [6.07, 6.45) is -0.299. The molecule has 2 amide bonds. The van der Waals surface area contributed by atoms with Crippen LogP contribution < -0.4 is 10.6 Å². The van der Waals surface area contributed by atoms with Gasteiger partial charge in [0.2, 0.25) is 11.8 Å². The molecule has 2 rings (SSSR count). The molecule has 0 aromatic heterocycles. The van der Waals surface area contributed by atoms with Gasteiger partial charge in [0.05, 0.1) is 11.6 Å². The van der Waals surface area contributed by atoms with Gasteiger partial charge in [-0.05, 0) is 48.9 Å². The van der Waals surface area contributed by atoms with Crippen LogP contribution >= 0.6 is 15.9 Å². The number of nitrogens with zero attached hydrogens (tertiary/aromatic N) is 1. The smallest absolute Gasteiger partial charge is 0.233 e. The first-order valence-electron chi connectivity index (χ1n) is 6.84. The Morgan fingerprint density at radius 2 is 1.87 bits per heavy atom. The van der Waals surface area contributed by atoms with Gasteiger partial charge < -0.3 is 10.6 Å². The van der Waals surface area contributed by atoms with Crippen LogP contribution in [0.5, 0.6) is 0 Å². The SMILES string of the molecule is Cc1cc(Br)ccc1NC(=O)CC(=O)Nc1cccc(C#N)c1. The number of rotatable bonds is 4. The second-order valence-corrected chi connectivity index (χ2v) is 5.84. The van der Waals surface area contributed by atoms with Crippen molar-refractivity contribution >= 4 is 39.1 Å². The maximum atomic E-state index is 11.9. The van der Waals surface area contributed by atoms with Gasteiger partial charge >= 0.3 is 0 Å². The van der Waals surface area contributed by atoms with Crippen LogP contribution in [0.25, 0.3) is 0 Å². The molecule has 2 aromatic rings. The lowest BCUT2D eigenvalue weighted by Crippen LogP contribution is -2.21. The average Bonchev–Trinajstić information content (AvgIpc) is 2.50. The standard InChI is InChI=1S/C17H14BrN3O2/c1-11-7-13(18)5-6-15(11)21-17(23)9-16(22)20-14-4-2-3-12(8-14)10-19/h2-8H,9H2,1H3,(H,20,22)(H,21,23). The molecule has 0 spiro atoms. The zero-order valence-electron chi connectivity index (χ0n) is 12.4. The Morgan fingerprint density at radius 3 is 2.57 bits per heavy atom. The van der Waals surface area contributed by atoms with E-state index in [0.29, 0.717) is 16.9 Å². The molecule has 0 heterocycles. The quantitative estimate of drug-likeness (QED) is 0.805. The Morgan fingerprint density at radius 1 is 1.13 bits per heavy atom. The van der Waals surface area contributed by atoms with Gasteiger partial charge in [-0.2, -0.15) is 5.26 Å². The molecule has 0 saturated carbocycles. The summed E-state index contributed by atoms with van der Waals surface area (Å²) in [6, 6.07) is 14.0. The Bertz CT molecular complexity index is 797. The molecule has 0 aliphatic rings. The third kappa shape index (κ3) is 4.94. The highest BCUT2D eigenvalue weighted by Gasteiger charge is 2.11. The van der Waals surface area contributed by atoms with Crippen molar-refractivity contribution in [1.82, 2.24) is 0 Å². The number of carbonyl (C=O) groups is 2. The van der Waals surface area contributed by atoms with E-state index in [0.717, 1.165) is 10.0 Å². The van der Waals surface area contributed by atoms with Crippen molar-refractivity contribution in [2.24, 2.45) is 0 Å². The fourth-order valence-electron chi connectivity index (χ4n) is 1.98. The number of aryl methyl sites for hydroxylation is 1. The molecule has 23 heavy (non-hydrogen) atoms. The second-order valence-electron chi connectivity index (χ2n) is 4.92. The second kappa shape index (κ2) is 7.56. The molecule has 0 atom stereocenters. The zero-order valence-corrected chi connectivity index (χ0v) is 14.0. The third-order valence-electron chi connectivity index (χ3n) is 3.06. The molecule has 0 saturated heterocycles. The lowest BCUT2D eigenvalue weighted by atomic mass is 10.2. The molecule has 5 nitrogen and oxygen atoms in total. The van der Waals surface area contributed by atoms with Crippen LogP contribution in [0.15, 0.2) is 46.9 Å². The Kier molecular flexibility index (Phi) is 5.50. The van der Waals surface area contributed by atoms with E-state index in [1.807, 2.05) is 25.1 Å². The number of benzene rings is 2. The predicted molar refractivity (Wildman–Crippen MR) is 91.9 cm³/mol. The van der Waals surface area contributed by atoms with Crippen molar-refractivity contribution in [3.63, 3.8) is 0 Å². The number of anilines is 2. The van der Waals surface area contributed by atoms with Gasteiger partial charge in [0.1, 0.15) is 6.42 Å². The monoisotopic (exact) mass is 371 g/mol. The molecular weight excluding hydrogens is 358 g/mol. The normalized spacial score (nSPS) is 9.78. The van der Waals surface area contributed by atoms with Crippen LogP contribution in [0.4, 0.5) is 11.4 Å². The van der Waals surface area contributed by atoms with Gasteiger partial charge in [0.25, 0.3) is 0 Å². The molecule has 116 valence electrons. The van der Waals surface area contributed by atoms with Gasteiger partial charge in [0, 0.05) is 15.8 Å². The number of nitriles is 1. The topological polar surface area (TPSA) is 82.0 Å². The van der Waals surface area contributed by atoms with E-state index in [1.165, 1.54) is 0 Å². The molecule has 0 bridgehead atoms. The minimum atomic E-state index is -0.438.